The minimum absolute atomic E-state index is 0.138. The number of alkyl halides is 2. The van der Waals surface area contributed by atoms with Crippen LogP contribution in [-0.4, -0.2) is 6.61 Å². The molecule has 3 aromatic carbocycles. The van der Waals surface area contributed by atoms with Crippen molar-refractivity contribution in [1.82, 2.24) is 0 Å². The van der Waals surface area contributed by atoms with Gasteiger partial charge in [0.15, 0.2) is 17.4 Å². The van der Waals surface area contributed by atoms with Crippen LogP contribution < -0.4 is 9.47 Å². The minimum atomic E-state index is -4.81. The molecule has 174 valence electrons. The maximum atomic E-state index is 14.6. The lowest BCUT2D eigenvalue weighted by Gasteiger charge is -2.24. The number of halogens is 8. The first-order chi connectivity index (χ1) is 15.5. The van der Waals surface area contributed by atoms with Crippen LogP contribution in [-0.2, 0) is 12.5 Å². The Morgan fingerprint density at radius 1 is 0.848 bits per heavy atom. The maximum absolute atomic E-state index is 14.6. The molecule has 1 aliphatic rings. The van der Waals surface area contributed by atoms with Crippen molar-refractivity contribution < 1.29 is 44.6 Å². The van der Waals surface area contributed by atoms with Crippen LogP contribution in [0.25, 0.3) is 11.1 Å². The lowest BCUT2D eigenvalue weighted by Crippen LogP contribution is -2.26. The van der Waals surface area contributed by atoms with Gasteiger partial charge in [-0.3, -0.25) is 0 Å². The van der Waals surface area contributed by atoms with Crippen LogP contribution in [0.5, 0.6) is 11.5 Å². The zero-order chi connectivity index (χ0) is 24.1. The Balaban J connectivity index is 1.72. The Labute approximate surface area is 182 Å². The van der Waals surface area contributed by atoms with E-state index in [0.29, 0.717) is 48.6 Å². The van der Waals surface area contributed by atoms with Gasteiger partial charge in [-0.1, -0.05) is 6.92 Å². The van der Waals surface area contributed by atoms with E-state index in [-0.39, 0.29) is 11.5 Å². The number of hydrogen-bond acceptors (Lipinski definition) is 2. The summed E-state index contributed by atoms with van der Waals surface area (Å²) in [6, 6.07) is 3.92. The van der Waals surface area contributed by atoms with Crippen molar-refractivity contribution in [1.29, 1.82) is 0 Å². The summed E-state index contributed by atoms with van der Waals surface area (Å²) in [5, 5.41) is 0. The van der Waals surface area contributed by atoms with Crippen LogP contribution in [0, 0.1) is 40.8 Å². The number of ether oxygens (including phenoxy) is 2. The number of benzene rings is 3. The third kappa shape index (κ3) is 4.21. The zero-order valence-corrected chi connectivity index (χ0v) is 16.8. The molecule has 0 radical (unpaired) electrons. The normalized spacial score (nSPS) is 15.7. The lowest BCUT2D eigenvalue weighted by molar-refractivity contribution is -0.191. The molecule has 0 aromatic heterocycles. The summed E-state index contributed by atoms with van der Waals surface area (Å²) in [7, 11) is 0. The highest BCUT2D eigenvalue weighted by Gasteiger charge is 2.42. The van der Waals surface area contributed by atoms with E-state index in [4.69, 9.17) is 4.74 Å². The summed E-state index contributed by atoms with van der Waals surface area (Å²) in [4.78, 5) is 0. The molecule has 1 aliphatic heterocycles. The number of hydrogen-bond donors (Lipinski definition) is 0. The fraction of sp³-hybridized carbons (Fsp3) is 0.217. The third-order valence-electron chi connectivity index (χ3n) is 5.12. The molecule has 33 heavy (non-hydrogen) atoms. The Morgan fingerprint density at radius 3 is 2.18 bits per heavy atom. The van der Waals surface area contributed by atoms with E-state index in [2.05, 4.69) is 4.74 Å². The molecule has 2 nitrogen and oxygen atoms in total. The molecule has 1 unspecified atom stereocenters. The second-order valence-corrected chi connectivity index (χ2v) is 7.67. The van der Waals surface area contributed by atoms with Crippen LogP contribution in [0.3, 0.4) is 0 Å². The van der Waals surface area contributed by atoms with Crippen molar-refractivity contribution in [3.05, 3.63) is 82.4 Å². The topological polar surface area (TPSA) is 18.5 Å². The highest BCUT2D eigenvalue weighted by molar-refractivity contribution is 5.68. The summed E-state index contributed by atoms with van der Waals surface area (Å²) < 4.78 is 122. The van der Waals surface area contributed by atoms with Crippen molar-refractivity contribution in [2.45, 2.75) is 19.5 Å². The molecule has 10 heteroatoms. The van der Waals surface area contributed by atoms with Crippen molar-refractivity contribution in [2.75, 3.05) is 6.61 Å². The molecule has 1 atom stereocenters. The molecule has 4 rings (SSSR count). The van der Waals surface area contributed by atoms with Crippen molar-refractivity contribution in [3.8, 4) is 22.6 Å². The number of fused-ring (bicyclic) bond motifs is 1. The Bertz CT molecular complexity index is 1220. The van der Waals surface area contributed by atoms with Crippen LogP contribution in [0.4, 0.5) is 35.1 Å². The van der Waals surface area contributed by atoms with Gasteiger partial charge in [0, 0.05) is 5.56 Å². The quantitative estimate of drug-likeness (QED) is 0.303. The molecule has 3 aromatic rings. The summed E-state index contributed by atoms with van der Waals surface area (Å²) in [5.41, 5.74) is -2.05. The summed E-state index contributed by atoms with van der Waals surface area (Å²) in [6.45, 7) is 2.25. The second-order valence-electron chi connectivity index (χ2n) is 7.67. The van der Waals surface area contributed by atoms with Crippen molar-refractivity contribution in [2.24, 2.45) is 5.92 Å². The van der Waals surface area contributed by atoms with Crippen molar-refractivity contribution >= 4 is 0 Å². The first kappa shape index (κ1) is 22.9. The summed E-state index contributed by atoms with van der Waals surface area (Å²) >= 11 is 0. The number of rotatable bonds is 4. The maximum Gasteiger partial charge on any atom is 0.432 e. The Hall–Kier alpha value is -3.30. The molecule has 0 saturated heterocycles. The van der Waals surface area contributed by atoms with Crippen LogP contribution in [0.2, 0.25) is 0 Å². The molecule has 0 aliphatic carbocycles. The van der Waals surface area contributed by atoms with E-state index in [0.717, 1.165) is 6.07 Å². The largest absolute Gasteiger partial charge is 0.493 e. The molecule has 1 heterocycles. The summed E-state index contributed by atoms with van der Waals surface area (Å²) in [5.74, 6) is -11.4. The minimum Gasteiger partial charge on any atom is -0.493 e. The molecule has 0 saturated carbocycles. The van der Waals surface area contributed by atoms with Gasteiger partial charge in [-0.2, -0.15) is 13.2 Å². The predicted molar refractivity (Wildman–Crippen MR) is 101 cm³/mol. The molecular formula is C23H14F8O2. The van der Waals surface area contributed by atoms with E-state index in [9.17, 15) is 35.1 Å². The second kappa shape index (κ2) is 8.24. The van der Waals surface area contributed by atoms with Gasteiger partial charge in [-0.15, -0.1) is 0 Å². The first-order valence-electron chi connectivity index (χ1n) is 9.63. The van der Waals surface area contributed by atoms with Gasteiger partial charge in [-0.25, -0.2) is 22.0 Å². The molecule has 0 amide bonds. The lowest BCUT2D eigenvalue weighted by atomic mass is 9.94. The van der Waals surface area contributed by atoms with Crippen LogP contribution in [0.15, 0.2) is 36.4 Å². The third-order valence-corrected chi connectivity index (χ3v) is 5.12. The Morgan fingerprint density at radius 2 is 1.52 bits per heavy atom. The van der Waals surface area contributed by atoms with E-state index < -0.39 is 57.9 Å². The fourth-order valence-electron chi connectivity index (χ4n) is 3.56. The molecule has 0 spiro atoms. The van der Waals surface area contributed by atoms with Crippen molar-refractivity contribution in [3.63, 3.8) is 0 Å². The predicted octanol–water partition coefficient (Wildman–Crippen LogP) is 6.89. The smallest absolute Gasteiger partial charge is 0.432 e. The van der Waals surface area contributed by atoms with E-state index >= 15 is 0 Å². The van der Waals surface area contributed by atoms with E-state index in [1.165, 1.54) is 6.07 Å². The molecule has 0 fully saturated rings. The SMILES string of the molecule is CC1COc2cc(-c3cc(F)c(C(F)(F)Oc4ccc(F)c(F)c4F)c(F)c3)c(F)cc2C1. The highest BCUT2D eigenvalue weighted by atomic mass is 19.3. The Kier molecular flexibility index (Phi) is 5.71. The van der Waals surface area contributed by atoms with Gasteiger partial charge >= 0.3 is 6.11 Å². The van der Waals surface area contributed by atoms with Crippen LogP contribution in [0.1, 0.15) is 18.1 Å². The van der Waals surface area contributed by atoms with Gasteiger partial charge in [0.2, 0.25) is 5.82 Å². The molecule has 0 N–H and O–H groups in total. The monoisotopic (exact) mass is 474 g/mol. The van der Waals surface area contributed by atoms with E-state index in [1.807, 2.05) is 6.92 Å². The van der Waals surface area contributed by atoms with Gasteiger partial charge in [0.05, 0.1) is 6.61 Å². The molecular weight excluding hydrogens is 460 g/mol. The zero-order valence-electron chi connectivity index (χ0n) is 16.8. The van der Waals surface area contributed by atoms with Crippen LogP contribution >= 0.6 is 0 Å². The van der Waals surface area contributed by atoms with Gasteiger partial charge in [0.25, 0.3) is 0 Å². The molecule has 0 bridgehead atoms. The van der Waals surface area contributed by atoms with E-state index in [1.54, 1.807) is 0 Å². The average molecular weight is 474 g/mol. The fourth-order valence-corrected chi connectivity index (χ4v) is 3.56. The first-order valence-corrected chi connectivity index (χ1v) is 9.63. The van der Waals surface area contributed by atoms with Gasteiger partial charge < -0.3 is 9.47 Å². The highest BCUT2D eigenvalue weighted by Crippen LogP contribution is 2.40. The summed E-state index contributed by atoms with van der Waals surface area (Å²) in [6.07, 6.45) is -4.29. The average Bonchev–Trinajstić information content (AvgIpc) is 2.72. The standard InChI is InChI=1S/C23H14F8O2/c1-10-4-12-7-15(25)13(8-19(12)32-9-10)11-5-16(26)20(17(27)6-11)23(30,31)33-18-3-2-14(24)21(28)22(18)29/h2-3,5-8,10H,4,9H2,1H3. The van der Waals surface area contributed by atoms with Gasteiger partial charge in [-0.05, 0) is 59.9 Å². The van der Waals surface area contributed by atoms with Gasteiger partial charge in [0.1, 0.15) is 28.8 Å².